The molecule has 0 heterocycles. The second-order valence-corrected chi connectivity index (χ2v) is 6.55. The molecule has 0 aromatic heterocycles. The Hall–Kier alpha value is -2.67. The molecule has 0 saturated heterocycles. The number of carbonyl (C=O) groups is 3. The van der Waals surface area contributed by atoms with E-state index in [-0.39, 0.29) is 36.7 Å². The smallest absolute Gasteiger partial charge is 0.307 e. The summed E-state index contributed by atoms with van der Waals surface area (Å²) in [6.07, 6.45) is 3.88. The SMILES string of the molecule is COC(=O)CCNC(=O)[C@H]1CC[C@@H](O)[C@H](NC(=O)/C=C/c2ccccc2)C1. The summed E-state index contributed by atoms with van der Waals surface area (Å²) in [4.78, 5) is 35.5. The molecule has 2 amide bonds. The molecule has 3 atom stereocenters. The Labute approximate surface area is 158 Å². The van der Waals surface area contributed by atoms with E-state index in [9.17, 15) is 19.5 Å². The van der Waals surface area contributed by atoms with Crippen LogP contribution >= 0.6 is 0 Å². The van der Waals surface area contributed by atoms with E-state index in [1.165, 1.54) is 13.2 Å². The zero-order chi connectivity index (χ0) is 19.6. The lowest BCUT2D eigenvalue weighted by Gasteiger charge is -2.32. The first-order chi connectivity index (χ1) is 13.0. The highest BCUT2D eigenvalue weighted by Crippen LogP contribution is 2.25. The Balaban J connectivity index is 1.83. The lowest BCUT2D eigenvalue weighted by Crippen LogP contribution is -2.49. The normalized spacial score (nSPS) is 22.2. The number of ether oxygens (including phenoxy) is 1. The maximum Gasteiger partial charge on any atom is 0.307 e. The van der Waals surface area contributed by atoms with Gasteiger partial charge >= 0.3 is 5.97 Å². The predicted octanol–water partition coefficient (Wildman–Crippen LogP) is 1.02. The van der Waals surface area contributed by atoms with Crippen molar-refractivity contribution in [1.82, 2.24) is 10.6 Å². The summed E-state index contributed by atoms with van der Waals surface area (Å²) in [6.45, 7) is 0.210. The standard InChI is InChI=1S/C20H26N2O5/c1-27-19(25)11-12-21-20(26)15-8-9-17(23)16(13-15)22-18(24)10-7-14-5-3-2-4-6-14/h2-7,10,15-17,23H,8-9,11-13H2,1H3,(H,21,26)(H,22,24)/b10-7+/t15-,16+,17+/m0/s1. The Morgan fingerprint density at radius 3 is 2.67 bits per heavy atom. The van der Waals surface area contributed by atoms with Gasteiger partial charge in [-0.1, -0.05) is 30.3 Å². The van der Waals surface area contributed by atoms with Crippen LogP contribution in [0.1, 0.15) is 31.2 Å². The largest absolute Gasteiger partial charge is 0.469 e. The van der Waals surface area contributed by atoms with Gasteiger partial charge in [-0.15, -0.1) is 0 Å². The zero-order valence-electron chi connectivity index (χ0n) is 15.4. The molecule has 146 valence electrons. The summed E-state index contributed by atoms with van der Waals surface area (Å²) in [7, 11) is 1.30. The fourth-order valence-electron chi connectivity index (χ4n) is 3.05. The van der Waals surface area contributed by atoms with Crippen molar-refractivity contribution >= 4 is 23.9 Å². The van der Waals surface area contributed by atoms with E-state index in [0.717, 1.165) is 5.56 Å². The number of amides is 2. The van der Waals surface area contributed by atoms with Gasteiger partial charge in [0.2, 0.25) is 11.8 Å². The fourth-order valence-corrected chi connectivity index (χ4v) is 3.05. The van der Waals surface area contributed by atoms with Gasteiger partial charge in [-0.2, -0.15) is 0 Å². The molecular weight excluding hydrogens is 348 g/mol. The molecule has 0 unspecified atom stereocenters. The maximum atomic E-state index is 12.2. The first-order valence-electron chi connectivity index (χ1n) is 9.06. The van der Waals surface area contributed by atoms with Crippen LogP contribution in [0.25, 0.3) is 6.08 Å². The second kappa shape index (κ2) is 10.5. The van der Waals surface area contributed by atoms with Crippen LogP contribution in [-0.2, 0) is 19.1 Å². The Kier molecular flexibility index (Phi) is 8.00. The monoisotopic (exact) mass is 374 g/mol. The number of esters is 1. The van der Waals surface area contributed by atoms with E-state index in [2.05, 4.69) is 15.4 Å². The summed E-state index contributed by atoms with van der Waals surface area (Å²) >= 11 is 0. The number of aliphatic hydroxyl groups is 1. The highest BCUT2D eigenvalue weighted by Gasteiger charge is 2.33. The van der Waals surface area contributed by atoms with Gasteiger partial charge < -0.3 is 20.5 Å². The number of carbonyl (C=O) groups excluding carboxylic acids is 3. The van der Waals surface area contributed by atoms with Crippen molar-refractivity contribution < 1.29 is 24.2 Å². The number of hydrogen-bond acceptors (Lipinski definition) is 5. The molecule has 7 nitrogen and oxygen atoms in total. The Morgan fingerprint density at radius 1 is 1.22 bits per heavy atom. The van der Waals surface area contributed by atoms with Crippen LogP contribution in [0.3, 0.4) is 0 Å². The van der Waals surface area contributed by atoms with Crippen LogP contribution in [0.15, 0.2) is 36.4 Å². The van der Waals surface area contributed by atoms with Crippen molar-refractivity contribution in [2.75, 3.05) is 13.7 Å². The van der Waals surface area contributed by atoms with Crippen LogP contribution < -0.4 is 10.6 Å². The summed E-state index contributed by atoms with van der Waals surface area (Å²) in [5.74, 6) is -1.18. The molecule has 2 rings (SSSR count). The number of aliphatic hydroxyl groups excluding tert-OH is 1. The third kappa shape index (κ3) is 6.86. The van der Waals surface area contributed by atoms with E-state index >= 15 is 0 Å². The van der Waals surface area contributed by atoms with Crippen LogP contribution in [0.5, 0.6) is 0 Å². The van der Waals surface area contributed by atoms with Crippen LogP contribution in [-0.4, -0.2) is 48.7 Å². The molecule has 0 spiro atoms. The van der Waals surface area contributed by atoms with Crippen LogP contribution in [0.4, 0.5) is 0 Å². The summed E-state index contributed by atoms with van der Waals surface area (Å²) in [6, 6.07) is 8.94. The topological polar surface area (TPSA) is 105 Å². The van der Waals surface area contributed by atoms with Crippen molar-refractivity contribution in [3.05, 3.63) is 42.0 Å². The lowest BCUT2D eigenvalue weighted by molar-refractivity contribution is -0.140. The molecule has 0 bridgehead atoms. The van der Waals surface area contributed by atoms with Crippen LogP contribution in [0, 0.1) is 5.92 Å². The summed E-state index contributed by atoms with van der Waals surface area (Å²) in [5.41, 5.74) is 0.903. The Morgan fingerprint density at radius 2 is 1.96 bits per heavy atom. The van der Waals surface area contributed by atoms with E-state index < -0.39 is 12.1 Å². The van der Waals surface area contributed by atoms with Crippen LogP contribution in [0.2, 0.25) is 0 Å². The van der Waals surface area contributed by atoms with E-state index in [1.807, 2.05) is 30.3 Å². The van der Waals surface area contributed by atoms with Gasteiger partial charge in [0, 0.05) is 18.5 Å². The van der Waals surface area contributed by atoms with Crippen molar-refractivity contribution in [2.24, 2.45) is 5.92 Å². The third-order valence-electron chi connectivity index (χ3n) is 4.60. The highest BCUT2D eigenvalue weighted by atomic mass is 16.5. The number of rotatable bonds is 7. The zero-order valence-corrected chi connectivity index (χ0v) is 15.4. The molecule has 0 aliphatic heterocycles. The highest BCUT2D eigenvalue weighted by molar-refractivity contribution is 5.92. The van der Waals surface area contributed by atoms with Crippen molar-refractivity contribution in [3.63, 3.8) is 0 Å². The van der Waals surface area contributed by atoms with Gasteiger partial charge in [0.25, 0.3) is 0 Å². The first-order valence-corrected chi connectivity index (χ1v) is 9.06. The first kappa shape index (κ1) is 20.6. The van der Waals surface area contributed by atoms with Crippen molar-refractivity contribution in [2.45, 2.75) is 37.8 Å². The molecule has 1 aromatic carbocycles. The van der Waals surface area contributed by atoms with E-state index in [4.69, 9.17) is 0 Å². The molecule has 1 aromatic rings. The predicted molar refractivity (Wildman–Crippen MR) is 100 cm³/mol. The molecule has 27 heavy (non-hydrogen) atoms. The number of methoxy groups -OCH3 is 1. The maximum absolute atomic E-state index is 12.2. The average Bonchev–Trinajstić information content (AvgIpc) is 2.68. The molecule has 1 fully saturated rings. The quantitative estimate of drug-likeness (QED) is 0.488. The third-order valence-corrected chi connectivity index (χ3v) is 4.60. The van der Waals surface area contributed by atoms with Gasteiger partial charge in [-0.05, 0) is 30.9 Å². The minimum atomic E-state index is -0.682. The molecule has 1 aliphatic carbocycles. The van der Waals surface area contributed by atoms with Crippen molar-refractivity contribution in [1.29, 1.82) is 0 Å². The van der Waals surface area contributed by atoms with Crippen molar-refractivity contribution in [3.8, 4) is 0 Å². The minimum absolute atomic E-state index is 0.113. The van der Waals surface area contributed by atoms with Gasteiger partial charge in [0.05, 0.1) is 25.7 Å². The summed E-state index contributed by atoms with van der Waals surface area (Å²) in [5, 5.41) is 15.6. The molecular formula is C20H26N2O5. The molecule has 0 radical (unpaired) electrons. The fraction of sp³-hybridized carbons (Fsp3) is 0.450. The van der Waals surface area contributed by atoms with Gasteiger partial charge in [0.1, 0.15) is 0 Å². The Bertz CT molecular complexity index is 674. The summed E-state index contributed by atoms with van der Waals surface area (Å²) < 4.78 is 4.53. The van der Waals surface area contributed by atoms with E-state index in [0.29, 0.717) is 19.3 Å². The number of benzene rings is 1. The molecule has 1 saturated carbocycles. The second-order valence-electron chi connectivity index (χ2n) is 6.55. The van der Waals surface area contributed by atoms with Gasteiger partial charge in [-0.3, -0.25) is 14.4 Å². The average molecular weight is 374 g/mol. The molecule has 7 heteroatoms. The van der Waals surface area contributed by atoms with Gasteiger partial charge in [-0.25, -0.2) is 0 Å². The minimum Gasteiger partial charge on any atom is -0.469 e. The van der Waals surface area contributed by atoms with E-state index in [1.54, 1.807) is 6.08 Å². The van der Waals surface area contributed by atoms with Gasteiger partial charge in [0.15, 0.2) is 0 Å². The number of nitrogens with one attached hydrogen (secondary N) is 2. The lowest BCUT2D eigenvalue weighted by atomic mass is 9.83. The molecule has 1 aliphatic rings. The molecule has 3 N–H and O–H groups in total. The number of hydrogen-bond donors (Lipinski definition) is 3.